The van der Waals surface area contributed by atoms with Gasteiger partial charge in [-0.15, -0.1) is 0 Å². The Morgan fingerprint density at radius 2 is 1.89 bits per heavy atom. The minimum Gasteiger partial charge on any atom is -0.444 e. The fourth-order valence-electron chi connectivity index (χ4n) is 2.06. The lowest BCUT2D eigenvalue weighted by Gasteiger charge is -2.38. The molecule has 0 aliphatic carbocycles. The topological polar surface area (TPSA) is 55.8 Å². The van der Waals surface area contributed by atoms with Crippen molar-refractivity contribution in [2.45, 2.75) is 46.1 Å². The third-order valence-electron chi connectivity index (χ3n) is 3.25. The number of rotatable bonds is 4. The molecule has 19 heavy (non-hydrogen) atoms. The second-order valence-corrected chi connectivity index (χ2v) is 6.08. The third-order valence-corrected chi connectivity index (χ3v) is 3.25. The standard InChI is InChI=1S/C14H25NO4/c1-5-18-11-14(10-16)6-8-15(9-7-14)12(17)19-13(2,3)4/h10H,5-9,11H2,1-4H3. The van der Waals surface area contributed by atoms with Gasteiger partial charge in [-0.3, -0.25) is 0 Å². The molecule has 0 atom stereocenters. The minimum atomic E-state index is -0.485. The van der Waals surface area contributed by atoms with Gasteiger partial charge in [0.2, 0.25) is 0 Å². The van der Waals surface area contributed by atoms with Gasteiger partial charge >= 0.3 is 6.09 Å². The molecular formula is C14H25NO4. The monoisotopic (exact) mass is 271 g/mol. The summed E-state index contributed by atoms with van der Waals surface area (Å²) >= 11 is 0. The third kappa shape index (κ3) is 4.82. The Labute approximate surface area is 115 Å². The molecule has 1 aliphatic rings. The predicted octanol–water partition coefficient (Wildman–Crippen LogP) is 2.24. The minimum absolute atomic E-state index is 0.302. The lowest BCUT2D eigenvalue weighted by Crippen LogP contribution is -2.47. The molecule has 0 unspecified atom stereocenters. The van der Waals surface area contributed by atoms with Gasteiger partial charge < -0.3 is 19.2 Å². The maximum Gasteiger partial charge on any atom is 0.410 e. The molecule has 0 aromatic heterocycles. The fourth-order valence-corrected chi connectivity index (χ4v) is 2.06. The van der Waals surface area contributed by atoms with E-state index in [0.717, 1.165) is 6.29 Å². The van der Waals surface area contributed by atoms with Gasteiger partial charge in [-0.05, 0) is 40.5 Å². The Morgan fingerprint density at radius 3 is 2.32 bits per heavy atom. The van der Waals surface area contributed by atoms with Crippen molar-refractivity contribution in [2.24, 2.45) is 5.41 Å². The number of ether oxygens (including phenoxy) is 2. The molecule has 0 aromatic rings. The molecule has 0 saturated carbocycles. The summed E-state index contributed by atoms with van der Waals surface area (Å²) in [5, 5.41) is 0. The molecular weight excluding hydrogens is 246 g/mol. The zero-order valence-corrected chi connectivity index (χ0v) is 12.4. The van der Waals surface area contributed by atoms with E-state index in [0.29, 0.717) is 39.1 Å². The highest BCUT2D eigenvalue weighted by atomic mass is 16.6. The van der Waals surface area contributed by atoms with Gasteiger partial charge in [0.25, 0.3) is 0 Å². The zero-order chi connectivity index (χ0) is 14.5. The molecule has 1 aliphatic heterocycles. The maximum absolute atomic E-state index is 11.9. The molecule has 0 N–H and O–H groups in total. The molecule has 5 heteroatoms. The first-order chi connectivity index (χ1) is 8.82. The summed E-state index contributed by atoms with van der Waals surface area (Å²) in [6.07, 6.45) is 1.95. The summed E-state index contributed by atoms with van der Waals surface area (Å²) in [6.45, 7) is 9.58. The number of likely N-dealkylation sites (tertiary alicyclic amines) is 1. The molecule has 0 aromatic carbocycles. The normalized spacial score (nSPS) is 19.1. The summed E-state index contributed by atoms with van der Waals surface area (Å²) in [4.78, 5) is 24.9. The average Bonchev–Trinajstić information content (AvgIpc) is 2.35. The highest BCUT2D eigenvalue weighted by molar-refractivity contribution is 5.69. The van der Waals surface area contributed by atoms with Crippen LogP contribution < -0.4 is 0 Å². The molecule has 5 nitrogen and oxygen atoms in total. The van der Waals surface area contributed by atoms with Crippen LogP contribution in [0.1, 0.15) is 40.5 Å². The van der Waals surface area contributed by atoms with Crippen molar-refractivity contribution in [1.82, 2.24) is 4.90 Å². The molecule has 1 amide bonds. The SMILES string of the molecule is CCOCC1(C=O)CCN(C(=O)OC(C)(C)C)CC1. The summed E-state index contributed by atoms with van der Waals surface area (Å²) in [7, 11) is 0. The molecule has 1 rings (SSSR count). The summed E-state index contributed by atoms with van der Waals surface area (Å²) < 4.78 is 10.7. The summed E-state index contributed by atoms with van der Waals surface area (Å²) in [5.74, 6) is 0. The summed E-state index contributed by atoms with van der Waals surface area (Å²) in [5.41, 5.74) is -0.921. The van der Waals surface area contributed by atoms with E-state index in [4.69, 9.17) is 9.47 Å². The van der Waals surface area contributed by atoms with Gasteiger partial charge in [0.05, 0.1) is 12.0 Å². The number of carbonyl (C=O) groups excluding carboxylic acids is 2. The molecule has 1 heterocycles. The molecule has 0 radical (unpaired) electrons. The van der Waals surface area contributed by atoms with E-state index in [1.807, 2.05) is 27.7 Å². The van der Waals surface area contributed by atoms with Crippen LogP contribution in [0.15, 0.2) is 0 Å². The van der Waals surface area contributed by atoms with Gasteiger partial charge in [-0.25, -0.2) is 4.79 Å². The Bertz CT molecular complexity index is 314. The van der Waals surface area contributed by atoms with Gasteiger partial charge in [0, 0.05) is 19.7 Å². The number of piperidine rings is 1. The van der Waals surface area contributed by atoms with E-state index >= 15 is 0 Å². The highest BCUT2D eigenvalue weighted by Gasteiger charge is 2.37. The van der Waals surface area contributed by atoms with E-state index in [-0.39, 0.29) is 6.09 Å². The van der Waals surface area contributed by atoms with Crippen LogP contribution in [0.4, 0.5) is 4.79 Å². The lowest BCUT2D eigenvalue weighted by molar-refractivity contribution is -0.123. The quantitative estimate of drug-likeness (QED) is 0.736. The molecule has 1 saturated heterocycles. The molecule has 110 valence electrons. The lowest BCUT2D eigenvalue weighted by atomic mass is 9.80. The number of hydrogen-bond acceptors (Lipinski definition) is 4. The Kier molecular flexibility index (Phi) is 5.35. The first kappa shape index (κ1) is 16.0. The van der Waals surface area contributed by atoms with E-state index in [2.05, 4.69) is 0 Å². The van der Waals surface area contributed by atoms with Crippen LogP contribution >= 0.6 is 0 Å². The van der Waals surface area contributed by atoms with Crippen LogP contribution in [0.5, 0.6) is 0 Å². The zero-order valence-electron chi connectivity index (χ0n) is 12.4. The van der Waals surface area contributed by atoms with Crippen molar-refractivity contribution in [2.75, 3.05) is 26.3 Å². The average molecular weight is 271 g/mol. The smallest absolute Gasteiger partial charge is 0.410 e. The number of hydrogen-bond donors (Lipinski definition) is 0. The maximum atomic E-state index is 11.9. The van der Waals surface area contributed by atoms with Crippen LogP contribution in [0.25, 0.3) is 0 Å². The van der Waals surface area contributed by atoms with Gasteiger partial charge in [-0.2, -0.15) is 0 Å². The summed E-state index contributed by atoms with van der Waals surface area (Å²) in [6, 6.07) is 0. The molecule has 0 spiro atoms. The van der Waals surface area contributed by atoms with Crippen molar-refractivity contribution in [3.05, 3.63) is 0 Å². The first-order valence-electron chi connectivity index (χ1n) is 6.84. The van der Waals surface area contributed by atoms with Crippen LogP contribution in [0.2, 0.25) is 0 Å². The Morgan fingerprint density at radius 1 is 1.32 bits per heavy atom. The second-order valence-electron chi connectivity index (χ2n) is 6.08. The Hall–Kier alpha value is -1.10. The van der Waals surface area contributed by atoms with Crippen LogP contribution in [-0.4, -0.2) is 49.2 Å². The van der Waals surface area contributed by atoms with Crippen molar-refractivity contribution < 1.29 is 19.1 Å². The van der Waals surface area contributed by atoms with Crippen LogP contribution in [0.3, 0.4) is 0 Å². The largest absolute Gasteiger partial charge is 0.444 e. The highest BCUT2D eigenvalue weighted by Crippen LogP contribution is 2.30. The van der Waals surface area contributed by atoms with E-state index in [1.165, 1.54) is 0 Å². The molecule has 0 bridgehead atoms. The van der Waals surface area contributed by atoms with Crippen LogP contribution in [-0.2, 0) is 14.3 Å². The van der Waals surface area contributed by atoms with Gasteiger partial charge in [-0.1, -0.05) is 0 Å². The van der Waals surface area contributed by atoms with Crippen LogP contribution in [0, 0.1) is 5.41 Å². The van der Waals surface area contributed by atoms with Crippen molar-refractivity contribution in [1.29, 1.82) is 0 Å². The van der Waals surface area contributed by atoms with E-state index in [9.17, 15) is 9.59 Å². The first-order valence-corrected chi connectivity index (χ1v) is 6.84. The molecule has 1 fully saturated rings. The Balaban J connectivity index is 2.51. The fraction of sp³-hybridized carbons (Fsp3) is 0.857. The number of carbonyl (C=O) groups is 2. The van der Waals surface area contributed by atoms with Crippen molar-refractivity contribution in [3.8, 4) is 0 Å². The number of aldehydes is 1. The van der Waals surface area contributed by atoms with Crippen molar-refractivity contribution in [3.63, 3.8) is 0 Å². The second kappa shape index (κ2) is 6.37. The van der Waals surface area contributed by atoms with E-state index < -0.39 is 11.0 Å². The number of nitrogens with zero attached hydrogens (tertiary/aromatic N) is 1. The number of amides is 1. The van der Waals surface area contributed by atoms with Crippen molar-refractivity contribution >= 4 is 12.4 Å². The van der Waals surface area contributed by atoms with E-state index in [1.54, 1.807) is 4.90 Å². The van der Waals surface area contributed by atoms with Gasteiger partial charge in [0.15, 0.2) is 0 Å². The van der Waals surface area contributed by atoms with Gasteiger partial charge in [0.1, 0.15) is 11.9 Å². The predicted molar refractivity (Wildman–Crippen MR) is 72.0 cm³/mol.